The number of pyridine rings is 1. The van der Waals surface area contributed by atoms with Gasteiger partial charge in [-0.05, 0) is 43.2 Å². The highest BCUT2D eigenvalue weighted by molar-refractivity contribution is 6.35. The van der Waals surface area contributed by atoms with E-state index in [-0.39, 0.29) is 24.6 Å². The van der Waals surface area contributed by atoms with E-state index in [1.54, 1.807) is 28.0 Å². The summed E-state index contributed by atoms with van der Waals surface area (Å²) >= 11 is 6.53. The summed E-state index contributed by atoms with van der Waals surface area (Å²) in [5.74, 6) is -0.110. The van der Waals surface area contributed by atoms with E-state index in [2.05, 4.69) is 0 Å². The summed E-state index contributed by atoms with van der Waals surface area (Å²) in [6.07, 6.45) is 0.441. The fourth-order valence-electron chi connectivity index (χ4n) is 4.16. The van der Waals surface area contributed by atoms with Gasteiger partial charge in [0.05, 0.1) is 29.4 Å². The van der Waals surface area contributed by atoms with E-state index in [4.69, 9.17) is 21.3 Å². The topological polar surface area (TPSA) is 83.0 Å². The molecule has 0 saturated carbocycles. The Labute approximate surface area is 203 Å². The third-order valence-electron chi connectivity index (χ3n) is 5.99. The normalized spacial score (nSPS) is 16.1. The maximum atomic E-state index is 13.3. The Morgan fingerprint density at radius 3 is 2.74 bits per heavy atom. The van der Waals surface area contributed by atoms with Gasteiger partial charge in [-0.25, -0.2) is 9.78 Å². The van der Waals surface area contributed by atoms with E-state index < -0.39 is 0 Å². The Balaban J connectivity index is 1.56. The average molecular weight is 482 g/mol. The first kappa shape index (κ1) is 24.0. The number of carbonyl (C=O) groups excluding carboxylic acids is 2. The number of nitrogens with zero attached hydrogens (tertiary/aromatic N) is 3. The SMILES string of the molecule is CCCOC(=O)N1CCN(C(=O)c2ccc3c(Cl)cc(-c4cccc(CO)c4)nc3c2)C[C@H]1C. The van der Waals surface area contributed by atoms with Crippen molar-refractivity contribution in [2.24, 2.45) is 0 Å². The van der Waals surface area contributed by atoms with E-state index in [0.29, 0.717) is 48.0 Å². The maximum Gasteiger partial charge on any atom is 0.410 e. The second-order valence-electron chi connectivity index (χ2n) is 8.49. The zero-order chi connectivity index (χ0) is 24.2. The van der Waals surface area contributed by atoms with Crippen molar-refractivity contribution in [2.45, 2.75) is 32.9 Å². The van der Waals surface area contributed by atoms with Gasteiger partial charge in [0.2, 0.25) is 0 Å². The molecule has 0 bridgehead atoms. The van der Waals surface area contributed by atoms with Crippen LogP contribution in [-0.2, 0) is 11.3 Å². The minimum Gasteiger partial charge on any atom is -0.449 e. The van der Waals surface area contributed by atoms with Crippen molar-refractivity contribution in [3.8, 4) is 11.3 Å². The van der Waals surface area contributed by atoms with E-state index >= 15 is 0 Å². The molecule has 1 N–H and O–H groups in total. The minimum absolute atomic E-state index is 0.0597. The van der Waals surface area contributed by atoms with Gasteiger partial charge in [0.15, 0.2) is 0 Å². The second kappa shape index (κ2) is 10.4. The largest absolute Gasteiger partial charge is 0.449 e. The van der Waals surface area contributed by atoms with Crippen LogP contribution in [0.15, 0.2) is 48.5 Å². The number of hydrogen-bond donors (Lipinski definition) is 1. The first-order valence-corrected chi connectivity index (χ1v) is 11.8. The number of aromatic nitrogens is 1. The second-order valence-corrected chi connectivity index (χ2v) is 8.89. The molecule has 0 radical (unpaired) electrons. The lowest BCUT2D eigenvalue weighted by Crippen LogP contribution is -2.55. The van der Waals surface area contributed by atoms with Crippen molar-refractivity contribution in [1.29, 1.82) is 0 Å². The summed E-state index contributed by atoms with van der Waals surface area (Å²) in [6, 6.07) is 14.5. The molecule has 2 heterocycles. The van der Waals surface area contributed by atoms with E-state index in [9.17, 15) is 14.7 Å². The third-order valence-corrected chi connectivity index (χ3v) is 6.30. The van der Waals surface area contributed by atoms with Gasteiger partial charge in [-0.15, -0.1) is 0 Å². The Bertz CT molecular complexity index is 1220. The molecule has 34 heavy (non-hydrogen) atoms. The average Bonchev–Trinajstić information content (AvgIpc) is 2.86. The van der Waals surface area contributed by atoms with Crippen LogP contribution in [0.2, 0.25) is 5.02 Å². The first-order valence-electron chi connectivity index (χ1n) is 11.4. The standard InChI is InChI=1S/C26H28ClN3O4/c1-3-11-34-26(33)30-10-9-29(15-17(30)2)25(32)20-7-8-21-22(27)14-23(28-24(21)13-20)19-6-4-5-18(12-19)16-31/h4-8,12-14,17,31H,3,9-11,15-16H2,1-2H3/t17-/m1/s1. The molecular weight excluding hydrogens is 454 g/mol. The number of carbonyl (C=O) groups is 2. The molecule has 0 spiro atoms. The smallest absolute Gasteiger partial charge is 0.410 e. The number of amides is 2. The zero-order valence-corrected chi connectivity index (χ0v) is 20.1. The van der Waals surface area contributed by atoms with Crippen LogP contribution in [0.5, 0.6) is 0 Å². The lowest BCUT2D eigenvalue weighted by atomic mass is 10.0. The summed E-state index contributed by atoms with van der Waals surface area (Å²) < 4.78 is 5.25. The van der Waals surface area contributed by atoms with Crippen LogP contribution < -0.4 is 0 Å². The molecule has 2 aromatic carbocycles. The summed E-state index contributed by atoms with van der Waals surface area (Å²) in [7, 11) is 0. The van der Waals surface area contributed by atoms with Gasteiger partial charge in [-0.3, -0.25) is 4.79 Å². The van der Waals surface area contributed by atoms with Crippen LogP contribution in [0.4, 0.5) is 4.79 Å². The van der Waals surface area contributed by atoms with Crippen LogP contribution in [0, 0.1) is 0 Å². The molecular formula is C26H28ClN3O4. The Hall–Kier alpha value is -3.16. The van der Waals surface area contributed by atoms with E-state index in [0.717, 1.165) is 22.9 Å². The molecule has 1 aliphatic heterocycles. The van der Waals surface area contributed by atoms with Crippen molar-refractivity contribution in [3.05, 3.63) is 64.7 Å². The van der Waals surface area contributed by atoms with E-state index in [1.165, 1.54) is 0 Å². The molecule has 1 fully saturated rings. The number of fused-ring (bicyclic) bond motifs is 1. The van der Waals surface area contributed by atoms with Crippen molar-refractivity contribution < 1.29 is 19.4 Å². The summed E-state index contributed by atoms with van der Waals surface area (Å²) in [4.78, 5) is 33.7. The Kier molecular flexibility index (Phi) is 7.34. The Morgan fingerprint density at radius 1 is 1.18 bits per heavy atom. The molecule has 7 nitrogen and oxygen atoms in total. The van der Waals surface area contributed by atoms with Gasteiger partial charge in [0.1, 0.15) is 0 Å². The molecule has 0 unspecified atom stereocenters. The molecule has 4 rings (SSSR count). The molecule has 1 atom stereocenters. The fraction of sp³-hybridized carbons (Fsp3) is 0.346. The molecule has 1 saturated heterocycles. The lowest BCUT2D eigenvalue weighted by Gasteiger charge is -2.39. The van der Waals surface area contributed by atoms with Crippen molar-refractivity contribution in [2.75, 3.05) is 26.2 Å². The van der Waals surface area contributed by atoms with Gasteiger partial charge < -0.3 is 19.6 Å². The minimum atomic E-state index is -0.330. The summed E-state index contributed by atoms with van der Waals surface area (Å²) in [6.45, 7) is 5.50. The van der Waals surface area contributed by atoms with Crippen LogP contribution in [-0.4, -0.2) is 64.2 Å². The third kappa shape index (κ3) is 5.00. The van der Waals surface area contributed by atoms with Crippen molar-refractivity contribution in [1.82, 2.24) is 14.8 Å². The van der Waals surface area contributed by atoms with Gasteiger partial charge in [0.25, 0.3) is 5.91 Å². The van der Waals surface area contributed by atoms with Gasteiger partial charge in [-0.2, -0.15) is 0 Å². The highest BCUT2D eigenvalue weighted by Gasteiger charge is 2.31. The number of ether oxygens (including phenoxy) is 1. The van der Waals surface area contributed by atoms with E-state index in [1.807, 2.05) is 44.2 Å². The molecule has 3 aromatic rings. The molecule has 1 aromatic heterocycles. The van der Waals surface area contributed by atoms with Gasteiger partial charge in [-0.1, -0.05) is 42.8 Å². The molecule has 2 amide bonds. The number of benzene rings is 2. The quantitative estimate of drug-likeness (QED) is 0.569. The molecule has 1 aliphatic rings. The van der Waals surface area contributed by atoms with Crippen LogP contribution >= 0.6 is 11.6 Å². The zero-order valence-electron chi connectivity index (χ0n) is 19.3. The predicted molar refractivity (Wildman–Crippen MR) is 132 cm³/mol. The molecule has 8 heteroatoms. The fourth-order valence-corrected chi connectivity index (χ4v) is 4.43. The number of aliphatic hydroxyl groups excluding tert-OH is 1. The van der Waals surface area contributed by atoms with Crippen LogP contribution in [0.3, 0.4) is 0 Å². The lowest BCUT2D eigenvalue weighted by molar-refractivity contribution is 0.0412. The number of hydrogen-bond acceptors (Lipinski definition) is 5. The highest BCUT2D eigenvalue weighted by Crippen LogP contribution is 2.29. The summed E-state index contributed by atoms with van der Waals surface area (Å²) in [5, 5.41) is 10.7. The number of piperazine rings is 1. The molecule has 178 valence electrons. The number of halogens is 1. The monoisotopic (exact) mass is 481 g/mol. The van der Waals surface area contributed by atoms with Crippen molar-refractivity contribution >= 4 is 34.5 Å². The maximum absolute atomic E-state index is 13.3. The first-order chi connectivity index (χ1) is 16.4. The highest BCUT2D eigenvalue weighted by atomic mass is 35.5. The predicted octanol–water partition coefficient (Wildman–Crippen LogP) is 4.74. The molecule has 0 aliphatic carbocycles. The van der Waals surface area contributed by atoms with Gasteiger partial charge >= 0.3 is 6.09 Å². The Morgan fingerprint density at radius 2 is 2.00 bits per heavy atom. The number of aliphatic hydroxyl groups is 1. The summed E-state index contributed by atoms with van der Waals surface area (Å²) in [5.41, 5.74) is 3.44. The number of rotatable bonds is 5. The van der Waals surface area contributed by atoms with Crippen LogP contribution in [0.25, 0.3) is 22.2 Å². The van der Waals surface area contributed by atoms with Gasteiger partial charge in [0, 0.05) is 42.2 Å². The van der Waals surface area contributed by atoms with Crippen LogP contribution in [0.1, 0.15) is 36.2 Å². The van der Waals surface area contributed by atoms with Crippen molar-refractivity contribution in [3.63, 3.8) is 0 Å².